The summed E-state index contributed by atoms with van der Waals surface area (Å²) in [5, 5.41) is 0. The molecule has 1 saturated heterocycles. The van der Waals surface area contributed by atoms with E-state index < -0.39 is 0 Å². The average Bonchev–Trinajstić information content (AvgIpc) is 2.84. The zero-order chi connectivity index (χ0) is 8.55. The third-order valence-electron chi connectivity index (χ3n) is 2.17. The molecule has 0 bridgehead atoms. The van der Waals surface area contributed by atoms with E-state index in [0.717, 1.165) is 12.2 Å². The van der Waals surface area contributed by atoms with E-state index in [4.69, 9.17) is 0 Å². The Morgan fingerprint density at radius 3 is 2.58 bits per heavy atom. The van der Waals surface area contributed by atoms with Gasteiger partial charge < -0.3 is 4.90 Å². The fourth-order valence-electron chi connectivity index (χ4n) is 1.39. The normalized spacial score (nSPS) is 20.8. The maximum atomic E-state index is 10.9. The maximum Gasteiger partial charge on any atom is 0.153 e. The number of rotatable bonds is 2. The predicted molar refractivity (Wildman–Crippen MR) is 48.3 cm³/mol. The minimum atomic E-state index is 0.146. The number of carbonyl (C=O) groups is 1. The van der Waals surface area contributed by atoms with Gasteiger partial charge in [-0.1, -0.05) is 18.2 Å². The first-order valence-corrected chi connectivity index (χ1v) is 4.11. The summed E-state index contributed by atoms with van der Waals surface area (Å²) >= 11 is 0. The average molecular weight is 161 g/mol. The molecule has 0 amide bonds. The largest absolute Gasteiger partial charge is 0.357 e. The van der Waals surface area contributed by atoms with E-state index in [9.17, 15) is 4.79 Å². The van der Waals surface area contributed by atoms with E-state index in [-0.39, 0.29) is 11.8 Å². The van der Waals surface area contributed by atoms with Gasteiger partial charge in [0.1, 0.15) is 6.04 Å². The second-order valence-electron chi connectivity index (χ2n) is 3.11. The van der Waals surface area contributed by atoms with E-state index in [2.05, 4.69) is 4.90 Å². The molecule has 2 nitrogen and oxygen atoms in total. The molecule has 1 unspecified atom stereocenters. The molecule has 1 fully saturated rings. The molecule has 2 heteroatoms. The van der Waals surface area contributed by atoms with Crippen LogP contribution in [0.2, 0.25) is 0 Å². The third kappa shape index (κ3) is 1.20. The summed E-state index contributed by atoms with van der Waals surface area (Å²) < 4.78 is 0. The number of benzene rings is 1. The molecule has 2 rings (SSSR count). The molecule has 1 aromatic rings. The van der Waals surface area contributed by atoms with Crippen molar-refractivity contribution in [1.29, 1.82) is 0 Å². The molecule has 1 heterocycles. The van der Waals surface area contributed by atoms with E-state index in [1.807, 2.05) is 30.3 Å². The van der Waals surface area contributed by atoms with Crippen LogP contribution < -0.4 is 4.90 Å². The van der Waals surface area contributed by atoms with Crippen molar-refractivity contribution in [2.45, 2.75) is 13.0 Å². The molecular weight excluding hydrogens is 150 g/mol. The van der Waals surface area contributed by atoms with E-state index in [1.54, 1.807) is 6.92 Å². The van der Waals surface area contributed by atoms with Crippen LogP contribution in [-0.2, 0) is 4.79 Å². The van der Waals surface area contributed by atoms with Gasteiger partial charge in [-0.25, -0.2) is 0 Å². The van der Waals surface area contributed by atoms with Gasteiger partial charge >= 0.3 is 0 Å². The number of hydrogen-bond donors (Lipinski definition) is 0. The standard InChI is InChI=1S/C10H11NO/c1-8(12)10-7-11(10)9-5-3-2-4-6-9/h2-6,10H,7H2,1H3. The van der Waals surface area contributed by atoms with Crippen LogP contribution in [-0.4, -0.2) is 18.4 Å². The van der Waals surface area contributed by atoms with E-state index in [1.165, 1.54) is 0 Å². The van der Waals surface area contributed by atoms with Gasteiger partial charge in [0.2, 0.25) is 0 Å². The molecule has 1 atom stereocenters. The lowest BCUT2D eigenvalue weighted by molar-refractivity contribution is -0.116. The quantitative estimate of drug-likeness (QED) is 0.612. The smallest absolute Gasteiger partial charge is 0.153 e. The van der Waals surface area contributed by atoms with E-state index in [0.29, 0.717) is 0 Å². The molecule has 0 radical (unpaired) electrons. The number of ketones is 1. The predicted octanol–water partition coefficient (Wildman–Crippen LogP) is 1.46. The summed E-state index contributed by atoms with van der Waals surface area (Å²) in [7, 11) is 0. The van der Waals surface area contributed by atoms with Crippen LogP contribution in [0, 0.1) is 0 Å². The molecule has 62 valence electrons. The molecule has 0 aromatic heterocycles. The van der Waals surface area contributed by atoms with Gasteiger partial charge in [-0.2, -0.15) is 0 Å². The summed E-state index contributed by atoms with van der Waals surface area (Å²) in [5.74, 6) is 0.263. The summed E-state index contributed by atoms with van der Waals surface area (Å²) in [6, 6.07) is 10.2. The fraction of sp³-hybridized carbons (Fsp3) is 0.300. The third-order valence-corrected chi connectivity index (χ3v) is 2.17. The first-order chi connectivity index (χ1) is 5.79. The molecule has 0 N–H and O–H groups in total. The van der Waals surface area contributed by atoms with Crippen molar-refractivity contribution < 1.29 is 4.79 Å². The van der Waals surface area contributed by atoms with Gasteiger partial charge in [0.25, 0.3) is 0 Å². The van der Waals surface area contributed by atoms with Gasteiger partial charge in [-0.3, -0.25) is 4.79 Å². The minimum absolute atomic E-state index is 0.146. The fourth-order valence-corrected chi connectivity index (χ4v) is 1.39. The zero-order valence-corrected chi connectivity index (χ0v) is 7.03. The Kier molecular flexibility index (Phi) is 1.61. The summed E-state index contributed by atoms with van der Waals surface area (Å²) in [5.41, 5.74) is 1.15. The molecule has 1 aromatic carbocycles. The first-order valence-electron chi connectivity index (χ1n) is 4.11. The van der Waals surface area contributed by atoms with Crippen LogP contribution in [0.5, 0.6) is 0 Å². The number of hydrogen-bond acceptors (Lipinski definition) is 2. The highest BCUT2D eigenvalue weighted by Crippen LogP contribution is 2.27. The van der Waals surface area contributed by atoms with Crippen LogP contribution in [0.4, 0.5) is 5.69 Å². The van der Waals surface area contributed by atoms with Crippen molar-refractivity contribution in [2.24, 2.45) is 0 Å². The maximum absolute atomic E-state index is 10.9. The van der Waals surface area contributed by atoms with E-state index >= 15 is 0 Å². The lowest BCUT2D eigenvalue weighted by Crippen LogP contribution is -2.07. The second kappa shape index (κ2) is 2.63. The minimum Gasteiger partial charge on any atom is -0.357 e. The van der Waals surface area contributed by atoms with Crippen LogP contribution in [0.3, 0.4) is 0 Å². The molecule has 1 aliphatic rings. The number of nitrogens with zero attached hydrogens (tertiary/aromatic N) is 1. The van der Waals surface area contributed by atoms with Gasteiger partial charge in [-0.05, 0) is 19.1 Å². The highest BCUT2D eigenvalue weighted by molar-refractivity contribution is 5.90. The first kappa shape index (κ1) is 7.35. The number of para-hydroxylation sites is 1. The lowest BCUT2D eigenvalue weighted by Gasteiger charge is -2.01. The van der Waals surface area contributed by atoms with Gasteiger partial charge in [0.05, 0.1) is 0 Å². The van der Waals surface area contributed by atoms with Crippen molar-refractivity contribution in [3.05, 3.63) is 30.3 Å². The Morgan fingerprint density at radius 2 is 2.08 bits per heavy atom. The lowest BCUT2D eigenvalue weighted by atomic mass is 10.3. The van der Waals surface area contributed by atoms with Crippen LogP contribution in [0.15, 0.2) is 30.3 Å². The Hall–Kier alpha value is -1.31. The monoisotopic (exact) mass is 161 g/mol. The topological polar surface area (TPSA) is 20.1 Å². The SMILES string of the molecule is CC(=O)C1CN1c1ccccc1. The number of anilines is 1. The van der Waals surface area contributed by atoms with Crippen LogP contribution in [0.25, 0.3) is 0 Å². The van der Waals surface area contributed by atoms with Crippen molar-refractivity contribution in [1.82, 2.24) is 0 Å². The van der Waals surface area contributed by atoms with Crippen molar-refractivity contribution >= 4 is 11.5 Å². The highest BCUT2D eigenvalue weighted by atomic mass is 16.1. The Bertz CT molecular complexity index is 294. The second-order valence-corrected chi connectivity index (χ2v) is 3.11. The van der Waals surface area contributed by atoms with Crippen molar-refractivity contribution in [3.8, 4) is 0 Å². The highest BCUT2D eigenvalue weighted by Gasteiger charge is 2.37. The summed E-state index contributed by atoms with van der Waals surface area (Å²) in [4.78, 5) is 13.0. The van der Waals surface area contributed by atoms with Gasteiger partial charge in [0, 0.05) is 12.2 Å². The molecule has 12 heavy (non-hydrogen) atoms. The van der Waals surface area contributed by atoms with Crippen molar-refractivity contribution in [2.75, 3.05) is 11.4 Å². The molecule has 0 spiro atoms. The molecule has 0 aliphatic carbocycles. The van der Waals surface area contributed by atoms with Crippen molar-refractivity contribution in [3.63, 3.8) is 0 Å². The summed E-state index contributed by atoms with van der Waals surface area (Å²) in [6.07, 6.45) is 0. The van der Waals surface area contributed by atoms with Crippen LogP contribution in [0.1, 0.15) is 6.92 Å². The Labute approximate surface area is 71.8 Å². The zero-order valence-electron chi connectivity index (χ0n) is 7.03. The molecule has 0 saturated carbocycles. The Morgan fingerprint density at radius 1 is 1.42 bits per heavy atom. The molecule has 1 aliphatic heterocycles. The van der Waals surface area contributed by atoms with Gasteiger partial charge in [0.15, 0.2) is 5.78 Å². The number of Topliss-reactive ketones (excluding diaryl/α,β-unsaturated/α-hetero) is 1. The van der Waals surface area contributed by atoms with Gasteiger partial charge in [-0.15, -0.1) is 0 Å². The van der Waals surface area contributed by atoms with Crippen LogP contribution >= 0.6 is 0 Å². The summed E-state index contributed by atoms with van der Waals surface area (Å²) in [6.45, 7) is 2.53. The Balaban J connectivity index is 2.11. The number of carbonyl (C=O) groups excluding carboxylic acids is 1. The molecular formula is C10H11NO.